The number of aromatic nitrogens is 1. The Morgan fingerprint density at radius 2 is 1.93 bits per heavy atom. The molecule has 0 bridgehead atoms. The molecule has 4 rings (SSSR count). The van der Waals surface area contributed by atoms with Gasteiger partial charge in [-0.25, -0.2) is 9.98 Å². The van der Waals surface area contributed by atoms with Crippen molar-refractivity contribution >= 4 is 40.4 Å². The summed E-state index contributed by atoms with van der Waals surface area (Å²) < 4.78 is 0. The van der Waals surface area contributed by atoms with Gasteiger partial charge in [0.05, 0.1) is 15.4 Å². The fourth-order valence-electron chi connectivity index (χ4n) is 3.83. The van der Waals surface area contributed by atoms with Crippen LogP contribution >= 0.6 is 11.8 Å². The van der Waals surface area contributed by atoms with E-state index in [9.17, 15) is 14.9 Å². The van der Waals surface area contributed by atoms with Crippen LogP contribution in [-0.2, 0) is 4.79 Å². The van der Waals surface area contributed by atoms with E-state index in [4.69, 9.17) is 0 Å². The quantitative estimate of drug-likeness (QED) is 0.382. The molecule has 0 unspecified atom stereocenters. The Hall–Kier alpha value is -3.00. The second kappa shape index (κ2) is 8.79. The van der Waals surface area contributed by atoms with Crippen molar-refractivity contribution in [2.45, 2.75) is 45.1 Å². The average molecular weight is 423 g/mol. The standard InChI is InChI=1S/C22H22N4O3S/c1-15-8-7-13-20(23-15)24-22-25(17-10-3-2-4-11-17)21(27)19(30-22)14-16-9-5-6-12-18(16)26(28)29/h5-9,12-14,17H,2-4,10-11H2,1H3/b19-14-,24-22+. The molecule has 2 fully saturated rings. The average Bonchev–Trinajstić information content (AvgIpc) is 3.03. The number of rotatable bonds is 4. The van der Waals surface area contributed by atoms with Crippen LogP contribution in [0.25, 0.3) is 6.08 Å². The first-order valence-electron chi connectivity index (χ1n) is 10.0. The number of aliphatic imine (C=N–C) groups is 1. The topological polar surface area (TPSA) is 88.7 Å². The third-order valence-corrected chi connectivity index (χ3v) is 6.26. The highest BCUT2D eigenvalue weighted by atomic mass is 32.2. The molecule has 2 aromatic rings. The number of benzene rings is 1. The maximum absolute atomic E-state index is 13.3. The number of nitrogens with zero attached hydrogens (tertiary/aromatic N) is 4. The van der Waals surface area contributed by atoms with E-state index < -0.39 is 4.92 Å². The molecule has 1 saturated heterocycles. The van der Waals surface area contributed by atoms with Crippen molar-refractivity contribution < 1.29 is 9.72 Å². The minimum absolute atomic E-state index is 0.0200. The first-order chi connectivity index (χ1) is 14.5. The molecule has 154 valence electrons. The van der Waals surface area contributed by atoms with Crippen LogP contribution in [0.1, 0.15) is 43.4 Å². The summed E-state index contributed by atoms with van der Waals surface area (Å²) in [6.45, 7) is 1.90. The first kappa shape index (κ1) is 20.3. The van der Waals surface area contributed by atoms with Crippen LogP contribution in [0.5, 0.6) is 0 Å². The zero-order valence-corrected chi connectivity index (χ0v) is 17.5. The van der Waals surface area contributed by atoms with Crippen molar-refractivity contribution in [3.05, 3.63) is 68.7 Å². The summed E-state index contributed by atoms with van der Waals surface area (Å²) in [7, 11) is 0. The van der Waals surface area contributed by atoms with E-state index >= 15 is 0 Å². The van der Waals surface area contributed by atoms with E-state index in [1.165, 1.54) is 24.2 Å². The molecular weight excluding hydrogens is 400 g/mol. The Balaban J connectivity index is 1.74. The van der Waals surface area contributed by atoms with Crippen molar-refractivity contribution in [2.24, 2.45) is 4.99 Å². The molecule has 0 radical (unpaired) electrons. The number of hydrogen-bond donors (Lipinski definition) is 0. The lowest BCUT2D eigenvalue weighted by Gasteiger charge is -2.30. The zero-order valence-electron chi connectivity index (χ0n) is 16.7. The number of aryl methyl sites for hydroxylation is 1. The van der Waals surface area contributed by atoms with Gasteiger partial charge in [-0.3, -0.25) is 19.8 Å². The van der Waals surface area contributed by atoms with Crippen LogP contribution in [0.15, 0.2) is 52.4 Å². The molecule has 0 spiro atoms. The lowest BCUT2D eigenvalue weighted by atomic mass is 9.94. The number of carbonyl (C=O) groups is 1. The maximum atomic E-state index is 13.3. The molecule has 1 aromatic heterocycles. The lowest BCUT2D eigenvalue weighted by Crippen LogP contribution is -2.40. The molecule has 8 heteroatoms. The van der Waals surface area contributed by atoms with Crippen LogP contribution in [0.3, 0.4) is 0 Å². The van der Waals surface area contributed by atoms with Gasteiger partial charge in [-0.05, 0) is 55.8 Å². The summed E-state index contributed by atoms with van der Waals surface area (Å²) in [5.74, 6) is 0.412. The van der Waals surface area contributed by atoms with Crippen LogP contribution in [-0.4, -0.2) is 31.9 Å². The van der Waals surface area contributed by atoms with E-state index in [1.807, 2.05) is 25.1 Å². The molecule has 2 heterocycles. The van der Waals surface area contributed by atoms with Gasteiger partial charge in [-0.15, -0.1) is 0 Å². The summed E-state index contributed by atoms with van der Waals surface area (Å²) >= 11 is 1.26. The van der Waals surface area contributed by atoms with Crippen LogP contribution in [0.4, 0.5) is 11.5 Å². The first-order valence-corrected chi connectivity index (χ1v) is 10.8. The number of hydrogen-bond acceptors (Lipinski definition) is 6. The fourth-order valence-corrected chi connectivity index (χ4v) is 4.87. The Morgan fingerprint density at radius 1 is 1.17 bits per heavy atom. The third kappa shape index (κ3) is 4.28. The monoisotopic (exact) mass is 422 g/mol. The summed E-state index contributed by atoms with van der Waals surface area (Å²) in [5.41, 5.74) is 1.25. The second-order valence-electron chi connectivity index (χ2n) is 7.43. The van der Waals surface area contributed by atoms with Crippen LogP contribution < -0.4 is 0 Å². The molecule has 0 N–H and O–H groups in total. The van der Waals surface area contributed by atoms with E-state index in [1.54, 1.807) is 29.2 Å². The number of pyridine rings is 1. The predicted molar refractivity (Wildman–Crippen MR) is 118 cm³/mol. The largest absolute Gasteiger partial charge is 0.283 e. The molecule has 1 amide bonds. The predicted octanol–water partition coefficient (Wildman–Crippen LogP) is 5.23. The molecular formula is C22H22N4O3S. The van der Waals surface area contributed by atoms with Crippen LogP contribution in [0, 0.1) is 17.0 Å². The van der Waals surface area contributed by atoms with E-state index in [0.29, 0.717) is 21.5 Å². The van der Waals surface area contributed by atoms with Gasteiger partial charge >= 0.3 is 0 Å². The molecule has 1 aromatic carbocycles. The molecule has 7 nitrogen and oxygen atoms in total. The van der Waals surface area contributed by atoms with Crippen molar-refractivity contribution in [1.29, 1.82) is 0 Å². The summed E-state index contributed by atoms with van der Waals surface area (Å²) in [6, 6.07) is 12.1. The van der Waals surface area contributed by atoms with Gasteiger partial charge in [0.2, 0.25) is 0 Å². The maximum Gasteiger partial charge on any atom is 0.276 e. The van der Waals surface area contributed by atoms with Gasteiger partial charge in [0.25, 0.3) is 11.6 Å². The molecule has 2 aliphatic rings. The highest BCUT2D eigenvalue weighted by molar-refractivity contribution is 8.18. The minimum Gasteiger partial charge on any atom is -0.283 e. The fraction of sp³-hybridized carbons (Fsp3) is 0.318. The van der Waals surface area contributed by atoms with E-state index in [0.717, 1.165) is 31.4 Å². The van der Waals surface area contributed by atoms with Crippen molar-refractivity contribution in [3.63, 3.8) is 0 Å². The number of amidine groups is 1. The highest BCUT2D eigenvalue weighted by Gasteiger charge is 2.39. The van der Waals surface area contributed by atoms with E-state index in [2.05, 4.69) is 9.98 Å². The molecule has 30 heavy (non-hydrogen) atoms. The third-order valence-electron chi connectivity index (χ3n) is 5.28. The van der Waals surface area contributed by atoms with Crippen molar-refractivity contribution in [1.82, 2.24) is 9.88 Å². The Labute approximate surface area is 179 Å². The van der Waals surface area contributed by atoms with Crippen molar-refractivity contribution in [3.8, 4) is 0 Å². The number of nitro groups is 1. The number of carbonyl (C=O) groups excluding carboxylic acids is 1. The number of para-hydroxylation sites is 1. The van der Waals surface area contributed by atoms with Gasteiger partial charge < -0.3 is 0 Å². The normalized spacial score (nSPS) is 20.3. The number of nitro benzene ring substituents is 1. The lowest BCUT2D eigenvalue weighted by molar-refractivity contribution is -0.385. The Kier molecular flexibility index (Phi) is 5.94. The van der Waals surface area contributed by atoms with Gasteiger partial charge in [-0.2, -0.15) is 0 Å². The summed E-state index contributed by atoms with van der Waals surface area (Å²) in [4.78, 5) is 35.6. The van der Waals surface area contributed by atoms with Crippen LogP contribution in [0.2, 0.25) is 0 Å². The molecule has 1 saturated carbocycles. The second-order valence-corrected chi connectivity index (χ2v) is 8.43. The number of thioether (sulfide) groups is 1. The molecule has 1 aliphatic heterocycles. The van der Waals surface area contributed by atoms with Gasteiger partial charge in [0.1, 0.15) is 0 Å². The Morgan fingerprint density at radius 3 is 2.67 bits per heavy atom. The smallest absolute Gasteiger partial charge is 0.276 e. The van der Waals surface area contributed by atoms with Crippen molar-refractivity contribution in [2.75, 3.05) is 0 Å². The molecule has 1 aliphatic carbocycles. The highest BCUT2D eigenvalue weighted by Crippen LogP contribution is 2.39. The van der Waals surface area contributed by atoms with Gasteiger partial charge in [0.15, 0.2) is 11.0 Å². The summed E-state index contributed by atoms with van der Waals surface area (Å²) in [5, 5.41) is 12.0. The van der Waals surface area contributed by atoms with Gasteiger partial charge in [-0.1, -0.05) is 37.5 Å². The minimum atomic E-state index is -0.430. The van der Waals surface area contributed by atoms with E-state index in [-0.39, 0.29) is 17.6 Å². The van der Waals surface area contributed by atoms with Gasteiger partial charge in [0, 0.05) is 17.8 Å². The zero-order chi connectivity index (χ0) is 21.1. The Bertz CT molecular complexity index is 1040. The molecule has 0 atom stereocenters. The SMILES string of the molecule is Cc1cccc(/N=C2/S/C(=C\c3ccccc3[N+](=O)[O-])C(=O)N2C2CCCCC2)n1. The summed E-state index contributed by atoms with van der Waals surface area (Å²) in [6.07, 6.45) is 6.82. The number of amides is 1.